The maximum Gasteiger partial charge on any atom is 0.407 e. The number of hydrogen-bond acceptors (Lipinski definition) is 10. The molecule has 0 bridgehead atoms. The zero-order chi connectivity index (χ0) is 40.2. The minimum Gasteiger partial charge on any atom is -0.453 e. The fourth-order valence-electron chi connectivity index (χ4n) is 6.40. The number of alkyl carbamates (subject to hydrolysis) is 1. The monoisotopic (exact) mass is 770 g/mol. The van der Waals surface area contributed by atoms with Gasteiger partial charge in [-0.1, -0.05) is 37.3 Å². The number of aliphatic hydroxyl groups is 1. The largest absolute Gasteiger partial charge is 0.453 e. The topological polar surface area (TPSA) is 227 Å². The van der Waals surface area contributed by atoms with Crippen LogP contribution in [0.1, 0.15) is 57.2 Å². The highest BCUT2D eigenvalue weighted by atomic mass is 16.5. The maximum absolute atomic E-state index is 13.5. The van der Waals surface area contributed by atoms with Gasteiger partial charge in [0.2, 0.25) is 11.8 Å². The Morgan fingerprint density at radius 1 is 1.00 bits per heavy atom. The van der Waals surface area contributed by atoms with Crippen molar-refractivity contribution < 1.29 is 38.5 Å². The molecule has 2 aromatic heterocycles. The summed E-state index contributed by atoms with van der Waals surface area (Å²) in [7, 11) is 2.43. The predicted octanol–water partition coefficient (Wildman–Crippen LogP) is 4.73. The molecule has 1 aliphatic rings. The van der Waals surface area contributed by atoms with Crippen molar-refractivity contribution >= 4 is 45.8 Å². The number of aromatic amines is 2. The van der Waals surface area contributed by atoms with Crippen LogP contribution in [-0.2, 0) is 30.2 Å². The van der Waals surface area contributed by atoms with Crippen LogP contribution in [0.4, 0.5) is 9.59 Å². The summed E-state index contributed by atoms with van der Waals surface area (Å²) in [6.07, 6.45) is 3.31. The lowest BCUT2D eigenvalue weighted by Gasteiger charge is -2.37. The van der Waals surface area contributed by atoms with Crippen LogP contribution in [0.5, 0.6) is 0 Å². The van der Waals surface area contributed by atoms with Gasteiger partial charge in [-0.05, 0) is 72.4 Å². The molecule has 0 saturated carbocycles. The van der Waals surface area contributed by atoms with Gasteiger partial charge in [0, 0.05) is 31.5 Å². The summed E-state index contributed by atoms with van der Waals surface area (Å²) < 4.78 is 14.3. The molecule has 3 atom stereocenters. The summed E-state index contributed by atoms with van der Waals surface area (Å²) >= 11 is 0. The number of aliphatic hydroxyl groups excluding tert-OH is 1. The minimum absolute atomic E-state index is 0.115. The summed E-state index contributed by atoms with van der Waals surface area (Å²) in [5.74, 6) is 1.16. The normalized spacial score (nSPS) is 15.0. The Balaban J connectivity index is 0.00000113. The van der Waals surface area contributed by atoms with Gasteiger partial charge in [-0.25, -0.2) is 19.6 Å². The van der Waals surface area contributed by atoms with Crippen LogP contribution < -0.4 is 16.4 Å². The molecular weight excluding hydrogens is 720 g/mol. The van der Waals surface area contributed by atoms with Crippen LogP contribution >= 0.6 is 0 Å². The Labute approximate surface area is 324 Å². The molecule has 298 valence electrons. The lowest BCUT2D eigenvalue weighted by Crippen LogP contribution is -2.56. The van der Waals surface area contributed by atoms with Crippen molar-refractivity contribution in [3.63, 3.8) is 0 Å². The molecule has 3 heterocycles. The highest BCUT2D eigenvalue weighted by Crippen LogP contribution is 2.31. The molecule has 1 saturated heterocycles. The molecule has 1 fully saturated rings. The number of nitrogens with two attached hydrogens (primary N) is 1. The molecule has 7 N–H and O–H groups in total. The molecule has 4 amide bonds. The number of morpholine rings is 1. The van der Waals surface area contributed by atoms with Gasteiger partial charge < -0.3 is 50.6 Å². The predicted molar refractivity (Wildman–Crippen MR) is 210 cm³/mol. The van der Waals surface area contributed by atoms with Gasteiger partial charge in [0.1, 0.15) is 23.7 Å². The molecule has 0 spiro atoms. The van der Waals surface area contributed by atoms with Crippen molar-refractivity contribution in [1.29, 1.82) is 0 Å². The first kappa shape index (κ1) is 41.2. The van der Waals surface area contributed by atoms with Crippen molar-refractivity contribution in [3.8, 4) is 22.4 Å². The van der Waals surface area contributed by atoms with Gasteiger partial charge in [-0.15, -0.1) is 0 Å². The highest BCUT2D eigenvalue weighted by molar-refractivity contribution is 5.92. The summed E-state index contributed by atoms with van der Waals surface area (Å²) in [5, 5.41) is 17.9. The lowest BCUT2D eigenvalue weighted by molar-refractivity contribution is -0.145. The van der Waals surface area contributed by atoms with Gasteiger partial charge in [-0.2, -0.15) is 0 Å². The average molecular weight is 771 g/mol. The number of amides is 4. The smallest absolute Gasteiger partial charge is 0.407 e. The number of aromatic nitrogens is 4. The van der Waals surface area contributed by atoms with Crippen molar-refractivity contribution in [2.75, 3.05) is 40.5 Å². The third-order valence-corrected chi connectivity index (χ3v) is 9.39. The van der Waals surface area contributed by atoms with Gasteiger partial charge in [0.25, 0.3) is 0 Å². The molecule has 0 aliphatic carbocycles. The van der Waals surface area contributed by atoms with Crippen LogP contribution in [0, 0.1) is 0 Å². The number of rotatable bonds is 13. The number of unbranched alkanes of at least 4 members (excludes halogenated alkanes) is 1. The second kappa shape index (κ2) is 19.5. The van der Waals surface area contributed by atoms with Crippen LogP contribution in [0.25, 0.3) is 44.2 Å². The molecule has 16 nitrogen and oxygen atoms in total. The number of ether oxygens (including phenoxy) is 3. The molecule has 6 rings (SSSR count). The number of carbonyl (C=O) groups is 4. The van der Waals surface area contributed by atoms with Crippen molar-refractivity contribution in [2.24, 2.45) is 5.73 Å². The molecule has 5 aromatic rings. The summed E-state index contributed by atoms with van der Waals surface area (Å²) in [6, 6.07) is 17.1. The standard InChI is InChI=1S/C38H45N7O6.C2H5NO2/c1-4-7-34(47)39-15-6-5-8-33-40-21-31(41-33)28-12-11-24-18-25(9-10-26(24)19-28)27-13-14-29-30(20-27)43-36(42-29)32-22-51-17-16-45(32)37(48)35(23(2)46)44-38(49)50-3;1-5-2(3)4/h9-14,18-21,23,32,35,46H,4-8,15-17,22H2,1-3H3,(H,39,47)(H,40,41)(H,42,43)(H,44,49);1H3,(H2,3,4). The zero-order valence-electron chi connectivity index (χ0n) is 32.1. The van der Waals surface area contributed by atoms with Crippen LogP contribution in [0.2, 0.25) is 0 Å². The van der Waals surface area contributed by atoms with E-state index in [-0.39, 0.29) is 19.1 Å². The number of nitrogens with one attached hydrogen (secondary N) is 4. The molecule has 1 aliphatic heterocycles. The van der Waals surface area contributed by atoms with Crippen LogP contribution in [0.3, 0.4) is 0 Å². The Morgan fingerprint density at radius 3 is 2.39 bits per heavy atom. The number of benzene rings is 3. The fraction of sp³-hybridized carbons (Fsp3) is 0.400. The first-order valence-corrected chi connectivity index (χ1v) is 18.6. The van der Waals surface area contributed by atoms with E-state index in [4.69, 9.17) is 9.72 Å². The molecule has 16 heteroatoms. The minimum atomic E-state index is -1.18. The SMILES string of the molecule is CCCC(=O)NCCCCc1ncc(-c2ccc3cc(-c4ccc5nc(C6COCCN6C(=O)C(NC(=O)OC)C(C)O)[nH]c5c4)ccc3c2)[nH]1.COC(N)=O. The van der Waals surface area contributed by atoms with E-state index in [2.05, 4.69) is 77.2 Å². The first-order chi connectivity index (χ1) is 27.0. The summed E-state index contributed by atoms with van der Waals surface area (Å²) in [5.41, 5.74) is 10.1. The number of H-pyrrole nitrogens is 2. The van der Waals surface area contributed by atoms with Crippen LogP contribution in [-0.4, -0.2) is 107 Å². The van der Waals surface area contributed by atoms with E-state index in [1.165, 1.54) is 21.1 Å². The molecular formula is C40H50N8O8. The van der Waals surface area contributed by atoms with E-state index in [0.717, 1.165) is 75.7 Å². The second-order valence-corrected chi connectivity index (χ2v) is 13.4. The molecule has 56 heavy (non-hydrogen) atoms. The Morgan fingerprint density at radius 2 is 1.70 bits per heavy atom. The van der Waals surface area contributed by atoms with Crippen molar-refractivity contribution in [2.45, 2.75) is 64.1 Å². The van der Waals surface area contributed by atoms with Gasteiger partial charge in [0.15, 0.2) is 0 Å². The number of carbonyl (C=O) groups excluding carboxylic acids is 4. The number of fused-ring (bicyclic) bond motifs is 2. The summed E-state index contributed by atoms with van der Waals surface area (Å²) in [6.45, 7) is 4.96. The summed E-state index contributed by atoms with van der Waals surface area (Å²) in [4.78, 5) is 64.2. The van der Waals surface area contributed by atoms with E-state index in [1.807, 2.05) is 31.3 Å². The number of aryl methyl sites for hydroxylation is 1. The zero-order valence-corrected chi connectivity index (χ0v) is 32.1. The number of hydrogen-bond donors (Lipinski definition) is 6. The first-order valence-electron chi connectivity index (χ1n) is 18.6. The Bertz CT molecular complexity index is 2130. The molecule has 3 unspecified atom stereocenters. The Hall–Kier alpha value is -6.00. The quantitative estimate of drug-likeness (QED) is 0.0903. The Kier molecular flexibility index (Phi) is 14.4. The van der Waals surface area contributed by atoms with E-state index >= 15 is 0 Å². The number of nitrogens with zero attached hydrogens (tertiary/aromatic N) is 3. The molecule has 0 radical (unpaired) electrons. The van der Waals surface area contributed by atoms with E-state index in [9.17, 15) is 24.3 Å². The maximum atomic E-state index is 13.5. The number of imidazole rings is 2. The number of primary amides is 1. The lowest BCUT2D eigenvalue weighted by atomic mass is 9.99. The van der Waals surface area contributed by atoms with E-state index < -0.39 is 36.3 Å². The average Bonchev–Trinajstić information content (AvgIpc) is 3.86. The van der Waals surface area contributed by atoms with Gasteiger partial charge >= 0.3 is 12.2 Å². The third kappa shape index (κ3) is 10.6. The highest BCUT2D eigenvalue weighted by Gasteiger charge is 2.37. The fourth-order valence-corrected chi connectivity index (χ4v) is 6.40. The van der Waals surface area contributed by atoms with Gasteiger partial charge in [-0.3, -0.25) is 9.59 Å². The number of methoxy groups -OCH3 is 2. The molecule has 3 aromatic carbocycles. The van der Waals surface area contributed by atoms with E-state index in [1.54, 1.807) is 4.90 Å². The third-order valence-electron chi connectivity index (χ3n) is 9.39. The van der Waals surface area contributed by atoms with E-state index in [0.29, 0.717) is 25.4 Å². The van der Waals surface area contributed by atoms with Gasteiger partial charge in [0.05, 0.1) is 56.5 Å². The second-order valence-electron chi connectivity index (χ2n) is 13.4. The van der Waals surface area contributed by atoms with Crippen LogP contribution in [0.15, 0.2) is 60.8 Å². The van der Waals surface area contributed by atoms with Crippen molar-refractivity contribution in [1.82, 2.24) is 35.5 Å². The van der Waals surface area contributed by atoms with Crippen molar-refractivity contribution in [3.05, 3.63) is 72.4 Å².